The third-order valence-corrected chi connectivity index (χ3v) is 5.47. The van der Waals surface area contributed by atoms with Crippen LogP contribution in [-0.2, 0) is 6.18 Å². The van der Waals surface area contributed by atoms with Crippen LogP contribution in [0.25, 0.3) is 0 Å². The maximum Gasteiger partial charge on any atom is 0.433 e. The predicted octanol–water partition coefficient (Wildman–Crippen LogP) is 5.61. The van der Waals surface area contributed by atoms with Gasteiger partial charge < -0.3 is 5.32 Å². The van der Waals surface area contributed by atoms with Crippen LogP contribution in [0.5, 0.6) is 0 Å². The Morgan fingerprint density at radius 1 is 1.23 bits per heavy atom. The summed E-state index contributed by atoms with van der Waals surface area (Å²) >= 11 is 5.21. The minimum absolute atomic E-state index is 0.120. The Labute approximate surface area is 174 Å². The van der Waals surface area contributed by atoms with Crippen LogP contribution < -0.4 is 5.32 Å². The van der Waals surface area contributed by atoms with Crippen LogP contribution in [0.15, 0.2) is 24.4 Å². The van der Waals surface area contributed by atoms with Crippen LogP contribution in [0, 0.1) is 5.92 Å². The Morgan fingerprint density at radius 2 is 1.90 bits per heavy atom. The van der Waals surface area contributed by atoms with Gasteiger partial charge in [-0.1, -0.05) is 18.3 Å². The number of nitrogens with zero attached hydrogens (tertiary/aromatic N) is 3. The normalized spacial score (nSPS) is 19.7. The highest BCUT2D eigenvalue weighted by Crippen LogP contribution is 2.35. The smallest absolute Gasteiger partial charge is 0.318 e. The van der Waals surface area contributed by atoms with Gasteiger partial charge >= 0.3 is 6.18 Å². The van der Waals surface area contributed by atoms with Gasteiger partial charge in [0.2, 0.25) is 0 Å². The number of amides is 1. The van der Waals surface area contributed by atoms with Gasteiger partial charge in [-0.3, -0.25) is 9.48 Å². The summed E-state index contributed by atoms with van der Waals surface area (Å²) in [6, 6.07) is 2.70. The highest BCUT2D eigenvalue weighted by atomic mass is 32.1. The molecule has 2 aromatic rings. The van der Waals surface area contributed by atoms with Gasteiger partial charge in [-0.15, -0.1) is 0 Å². The summed E-state index contributed by atoms with van der Waals surface area (Å²) in [4.78, 5) is 16.5. The molecule has 1 amide bonds. The molecule has 3 rings (SSSR count). The van der Waals surface area contributed by atoms with E-state index in [0.29, 0.717) is 18.8 Å². The Hall–Kier alpha value is -2.43. The third-order valence-electron chi connectivity index (χ3n) is 5.13. The summed E-state index contributed by atoms with van der Waals surface area (Å²) in [6.45, 7) is 1.89. The first-order valence-electron chi connectivity index (χ1n) is 9.29. The average molecular weight is 446 g/mol. The first kappa shape index (κ1) is 22.3. The van der Waals surface area contributed by atoms with Crippen molar-refractivity contribution in [2.45, 2.75) is 51.3 Å². The highest BCUT2D eigenvalue weighted by Gasteiger charge is 2.33. The van der Waals surface area contributed by atoms with Crippen LogP contribution in [0.1, 0.15) is 67.0 Å². The number of thiocarbonyl (C=S) groups is 1. The van der Waals surface area contributed by atoms with Gasteiger partial charge in [0.05, 0.1) is 11.7 Å². The van der Waals surface area contributed by atoms with Gasteiger partial charge in [-0.05, 0) is 55.5 Å². The molecular formula is C19H19F5N4OS. The summed E-state index contributed by atoms with van der Waals surface area (Å²) < 4.78 is 66.7. The van der Waals surface area contributed by atoms with Gasteiger partial charge in [0, 0.05) is 6.20 Å². The van der Waals surface area contributed by atoms with E-state index >= 15 is 0 Å². The van der Waals surface area contributed by atoms with Crippen LogP contribution >= 0.6 is 12.2 Å². The molecule has 0 unspecified atom stereocenters. The van der Waals surface area contributed by atoms with Crippen molar-refractivity contribution in [1.82, 2.24) is 14.8 Å². The maximum absolute atomic E-state index is 13.4. The molecule has 30 heavy (non-hydrogen) atoms. The van der Waals surface area contributed by atoms with Crippen molar-refractivity contribution in [3.05, 3.63) is 41.5 Å². The van der Waals surface area contributed by atoms with E-state index in [0.717, 1.165) is 35.9 Å². The van der Waals surface area contributed by atoms with E-state index < -0.39 is 35.6 Å². The van der Waals surface area contributed by atoms with E-state index in [1.54, 1.807) is 0 Å². The molecular weight excluding hydrogens is 427 g/mol. The summed E-state index contributed by atoms with van der Waals surface area (Å²) in [5.74, 6) is -0.713. The Balaban J connectivity index is 1.79. The van der Waals surface area contributed by atoms with Gasteiger partial charge in [-0.25, -0.2) is 13.8 Å². The largest absolute Gasteiger partial charge is 0.433 e. The molecule has 11 heteroatoms. The molecule has 0 spiro atoms. The molecule has 0 bridgehead atoms. The van der Waals surface area contributed by atoms with E-state index in [9.17, 15) is 26.7 Å². The standard InChI is InChI=1S/C19H19F5N4OS/c1-10(30)11-5-7-12(8-6-11)28-9-14(16(27-28)17(20)21)26-18(29)13-3-2-4-15(25-13)19(22,23)24/h2-4,9,11-12,17H,5-8H2,1H3,(H,26,29). The lowest BCUT2D eigenvalue weighted by Gasteiger charge is -2.28. The fraction of sp³-hybridized carbons (Fsp3) is 0.474. The summed E-state index contributed by atoms with van der Waals surface area (Å²) in [6.07, 6.45) is -3.36. The molecule has 1 N–H and O–H groups in total. The second-order valence-corrected chi connectivity index (χ2v) is 7.83. The summed E-state index contributed by atoms with van der Waals surface area (Å²) in [7, 11) is 0. The minimum atomic E-state index is -4.73. The number of alkyl halides is 5. The molecule has 0 saturated heterocycles. The number of halogens is 5. The van der Waals surface area contributed by atoms with Crippen LogP contribution in [0.4, 0.5) is 27.6 Å². The van der Waals surface area contributed by atoms with Gasteiger partial charge in [-0.2, -0.15) is 18.3 Å². The summed E-state index contributed by atoms with van der Waals surface area (Å²) in [5, 5.41) is 6.15. The number of anilines is 1. The van der Waals surface area contributed by atoms with E-state index in [4.69, 9.17) is 12.2 Å². The fourth-order valence-electron chi connectivity index (χ4n) is 3.50. The van der Waals surface area contributed by atoms with Crippen LogP contribution in [-0.4, -0.2) is 25.5 Å². The van der Waals surface area contributed by atoms with Gasteiger partial charge in [0.15, 0.2) is 5.69 Å². The molecule has 1 saturated carbocycles. The lowest BCUT2D eigenvalue weighted by atomic mass is 9.84. The van der Waals surface area contributed by atoms with E-state index in [1.165, 1.54) is 10.9 Å². The topological polar surface area (TPSA) is 59.8 Å². The molecule has 0 radical (unpaired) electrons. The second kappa shape index (κ2) is 8.75. The van der Waals surface area contributed by atoms with Gasteiger partial charge in [0.1, 0.15) is 11.4 Å². The maximum atomic E-state index is 13.4. The van der Waals surface area contributed by atoms with E-state index in [-0.39, 0.29) is 11.7 Å². The lowest BCUT2D eigenvalue weighted by Crippen LogP contribution is -2.21. The first-order chi connectivity index (χ1) is 14.1. The average Bonchev–Trinajstić information content (AvgIpc) is 3.11. The number of carbonyl (C=O) groups excluding carboxylic acids is 1. The predicted molar refractivity (Wildman–Crippen MR) is 104 cm³/mol. The van der Waals surface area contributed by atoms with Gasteiger partial charge in [0.25, 0.3) is 12.3 Å². The Morgan fingerprint density at radius 3 is 2.47 bits per heavy atom. The molecule has 1 fully saturated rings. The molecule has 0 atom stereocenters. The quantitative estimate of drug-likeness (QED) is 0.479. The number of hydrogen-bond donors (Lipinski definition) is 1. The van der Waals surface area contributed by atoms with Crippen molar-refractivity contribution >= 4 is 28.7 Å². The molecule has 0 aliphatic heterocycles. The Bertz CT molecular complexity index is 935. The second-order valence-electron chi connectivity index (χ2n) is 7.18. The van der Waals surface area contributed by atoms with Crippen molar-refractivity contribution in [2.75, 3.05) is 5.32 Å². The monoisotopic (exact) mass is 446 g/mol. The number of nitrogens with one attached hydrogen (secondary N) is 1. The number of pyridine rings is 1. The molecule has 162 valence electrons. The zero-order chi connectivity index (χ0) is 22.1. The number of aromatic nitrogens is 3. The molecule has 2 heterocycles. The molecule has 2 aromatic heterocycles. The van der Waals surface area contributed by atoms with Crippen LogP contribution in [0.3, 0.4) is 0 Å². The van der Waals surface area contributed by atoms with Crippen molar-refractivity contribution in [2.24, 2.45) is 5.92 Å². The third kappa shape index (κ3) is 5.00. The van der Waals surface area contributed by atoms with Crippen molar-refractivity contribution in [3.63, 3.8) is 0 Å². The molecule has 1 aliphatic rings. The van der Waals surface area contributed by atoms with Crippen molar-refractivity contribution in [1.29, 1.82) is 0 Å². The van der Waals surface area contributed by atoms with Crippen molar-refractivity contribution in [3.8, 4) is 0 Å². The number of carbonyl (C=O) groups is 1. The zero-order valence-electron chi connectivity index (χ0n) is 15.9. The zero-order valence-corrected chi connectivity index (χ0v) is 16.7. The first-order valence-corrected chi connectivity index (χ1v) is 9.70. The molecule has 1 aliphatic carbocycles. The lowest BCUT2D eigenvalue weighted by molar-refractivity contribution is -0.141. The Kier molecular flexibility index (Phi) is 6.49. The van der Waals surface area contributed by atoms with Crippen LogP contribution in [0.2, 0.25) is 0 Å². The number of hydrogen-bond acceptors (Lipinski definition) is 4. The fourth-order valence-corrected chi connectivity index (χ4v) is 3.74. The molecule has 5 nitrogen and oxygen atoms in total. The minimum Gasteiger partial charge on any atom is -0.318 e. The summed E-state index contributed by atoms with van der Waals surface area (Å²) in [5.41, 5.74) is -2.66. The van der Waals surface area contributed by atoms with E-state index in [1.807, 2.05) is 6.92 Å². The SMILES string of the molecule is CC(=S)C1CCC(n2cc(NC(=O)c3cccc(C(F)(F)F)n3)c(C(F)F)n2)CC1. The molecule has 0 aromatic carbocycles. The van der Waals surface area contributed by atoms with Crippen molar-refractivity contribution < 1.29 is 26.7 Å². The highest BCUT2D eigenvalue weighted by molar-refractivity contribution is 7.80. The number of rotatable bonds is 5. The van der Waals surface area contributed by atoms with E-state index in [2.05, 4.69) is 15.4 Å².